The molecule has 0 spiro atoms. The Morgan fingerprint density at radius 1 is 0.162 bits per heavy atom. The Balaban J connectivity index is 0.743. The monoisotopic (exact) mass is 927 g/mol. The molecule has 0 heterocycles. The zero-order chi connectivity index (χ0) is 45.2. The first-order valence-electron chi connectivity index (χ1n) is 33.2. The van der Waals surface area contributed by atoms with E-state index in [9.17, 15) is 0 Å². The third kappa shape index (κ3) is 10.2. The summed E-state index contributed by atoms with van der Waals surface area (Å²) < 4.78 is 0. The fraction of sp³-hybridized carbons (Fsp3) is 0.941. The number of rotatable bonds is 9. The van der Waals surface area contributed by atoms with Crippen molar-refractivity contribution in [3.8, 4) is 0 Å². The van der Waals surface area contributed by atoms with Gasteiger partial charge in [-0.15, -0.1) is 0 Å². The lowest BCUT2D eigenvalue weighted by molar-refractivity contribution is -0.0935. The Hall–Kier alpha value is -0.520. The van der Waals surface area contributed by atoms with Crippen molar-refractivity contribution in [2.24, 2.45) is 118 Å². The first-order chi connectivity index (χ1) is 33.8. The van der Waals surface area contributed by atoms with Gasteiger partial charge in [0.15, 0.2) is 0 Å². The fourth-order valence-electron chi connectivity index (χ4n) is 23.3. The van der Waals surface area contributed by atoms with Crippen molar-refractivity contribution in [2.75, 3.05) is 0 Å². The molecular formula is C68H110. The van der Waals surface area contributed by atoms with Crippen LogP contribution in [0.25, 0.3) is 0 Å². The van der Waals surface area contributed by atoms with Gasteiger partial charge in [-0.05, 0) is 272 Å². The van der Waals surface area contributed by atoms with E-state index < -0.39 is 0 Å². The lowest BCUT2D eigenvalue weighted by Gasteiger charge is -2.59. The standard InChI is InChI=1S/C68H110/c1-5-21-47(22-6-1)67(48-23-7-2-8-24-48)45-51-37-39-61(55-31-15-13-29-53(51)55)63-41-43-65(59-35-19-17-33-57(59)63)66-44-42-64(58-34-18-20-36-60(58)66)62-40-38-52(54-30-14-16-32-56(54)62)46-68(49-25-9-3-10-26-49)50-27-11-4-12-28-50/h45-66H,1-44H2. The highest BCUT2D eigenvalue weighted by molar-refractivity contribution is 5.18. The van der Waals surface area contributed by atoms with Crippen LogP contribution in [0.5, 0.6) is 0 Å². The van der Waals surface area contributed by atoms with Gasteiger partial charge in [-0.2, -0.15) is 0 Å². The zero-order valence-electron chi connectivity index (χ0n) is 44.8. The number of hydrogen-bond donors (Lipinski definition) is 0. The highest BCUT2D eigenvalue weighted by atomic mass is 14.6. The molecule has 12 saturated carbocycles. The predicted octanol–water partition coefficient (Wildman–Crippen LogP) is 20.5. The highest BCUT2D eigenvalue weighted by Gasteiger charge is 2.55. The molecular weight excluding hydrogens is 817 g/mol. The molecule has 16 atom stereocenters. The second kappa shape index (κ2) is 22.9. The van der Waals surface area contributed by atoms with Crippen LogP contribution < -0.4 is 0 Å². The average Bonchev–Trinajstić information content (AvgIpc) is 3.42. The van der Waals surface area contributed by atoms with Crippen LogP contribution in [0.1, 0.15) is 283 Å². The van der Waals surface area contributed by atoms with Crippen LogP contribution in [0, 0.1) is 118 Å². The van der Waals surface area contributed by atoms with Gasteiger partial charge in [-0.3, -0.25) is 0 Å². The van der Waals surface area contributed by atoms with Gasteiger partial charge in [0.05, 0.1) is 0 Å². The highest BCUT2D eigenvalue weighted by Crippen LogP contribution is 2.63. The summed E-state index contributed by atoms with van der Waals surface area (Å²) in [6.45, 7) is 0. The molecule has 68 heavy (non-hydrogen) atoms. The predicted molar refractivity (Wildman–Crippen MR) is 289 cm³/mol. The molecule has 12 aliphatic carbocycles. The molecule has 0 aliphatic heterocycles. The molecule has 0 radical (unpaired) electrons. The van der Waals surface area contributed by atoms with Gasteiger partial charge < -0.3 is 0 Å². The maximum absolute atomic E-state index is 3.12. The second-order valence-corrected chi connectivity index (χ2v) is 28.7. The third-order valence-electron chi connectivity index (χ3n) is 26.0. The van der Waals surface area contributed by atoms with E-state index in [0.29, 0.717) is 0 Å². The van der Waals surface area contributed by atoms with Gasteiger partial charge in [-0.25, -0.2) is 0 Å². The molecule has 0 bridgehead atoms. The molecule has 0 heteroatoms. The van der Waals surface area contributed by atoms with E-state index in [1.807, 2.05) is 0 Å². The summed E-state index contributed by atoms with van der Waals surface area (Å²) >= 11 is 0. The molecule has 0 saturated heterocycles. The minimum absolute atomic E-state index is 0.934. The summed E-state index contributed by atoms with van der Waals surface area (Å²) in [4.78, 5) is 0. The van der Waals surface area contributed by atoms with Crippen LogP contribution in [-0.2, 0) is 0 Å². The van der Waals surface area contributed by atoms with Gasteiger partial charge >= 0.3 is 0 Å². The van der Waals surface area contributed by atoms with Crippen molar-refractivity contribution >= 4 is 0 Å². The van der Waals surface area contributed by atoms with Crippen molar-refractivity contribution in [3.63, 3.8) is 0 Å². The summed E-state index contributed by atoms with van der Waals surface area (Å²) in [7, 11) is 0. The van der Waals surface area contributed by atoms with E-state index >= 15 is 0 Å². The SMILES string of the molecule is C(=C(C1CCCCC1)C1CCCCC1)C1CCC(C2CCC(C3CCC(C4CCC(C=C(C5CCCCC5)C5CCCCC5)C5CCCCC54)C4CCCCC43)C3CCCCC23)C2CCCCC12. The maximum atomic E-state index is 3.12. The molecule has 12 fully saturated rings. The first-order valence-corrected chi connectivity index (χ1v) is 33.2. The fourth-order valence-corrected chi connectivity index (χ4v) is 23.3. The molecule has 0 nitrogen and oxygen atoms in total. The smallest absolute Gasteiger partial charge is 0.0199 e. The lowest BCUT2D eigenvalue weighted by Crippen LogP contribution is -2.51. The van der Waals surface area contributed by atoms with Gasteiger partial charge in [-0.1, -0.05) is 152 Å². The normalized spacial score (nSPS) is 44.9. The molecule has 12 aliphatic rings. The van der Waals surface area contributed by atoms with Gasteiger partial charge in [0, 0.05) is 0 Å². The number of allylic oxidation sites excluding steroid dienone is 4. The molecule has 0 aromatic heterocycles. The quantitative estimate of drug-likeness (QED) is 0.202. The van der Waals surface area contributed by atoms with Crippen LogP contribution in [0.3, 0.4) is 0 Å². The van der Waals surface area contributed by atoms with Crippen LogP contribution >= 0.6 is 0 Å². The van der Waals surface area contributed by atoms with Crippen LogP contribution in [-0.4, -0.2) is 0 Å². The van der Waals surface area contributed by atoms with Gasteiger partial charge in [0.1, 0.15) is 0 Å². The zero-order valence-corrected chi connectivity index (χ0v) is 44.8. The van der Waals surface area contributed by atoms with Gasteiger partial charge in [0.2, 0.25) is 0 Å². The molecule has 12 rings (SSSR count). The number of fused-ring (bicyclic) bond motifs is 4. The molecule has 16 unspecified atom stereocenters. The van der Waals surface area contributed by atoms with E-state index in [0.717, 1.165) is 118 Å². The summed E-state index contributed by atoms with van der Waals surface area (Å²) in [5, 5.41) is 0. The lowest BCUT2D eigenvalue weighted by atomic mass is 9.46. The van der Waals surface area contributed by atoms with E-state index in [1.54, 1.807) is 154 Å². The average molecular weight is 928 g/mol. The van der Waals surface area contributed by atoms with Crippen molar-refractivity contribution < 1.29 is 0 Å². The van der Waals surface area contributed by atoms with Crippen molar-refractivity contribution in [1.82, 2.24) is 0 Å². The maximum Gasteiger partial charge on any atom is -0.0199 e. The van der Waals surface area contributed by atoms with Crippen molar-refractivity contribution in [3.05, 3.63) is 23.3 Å². The Kier molecular flexibility index (Phi) is 16.3. The van der Waals surface area contributed by atoms with Crippen molar-refractivity contribution in [1.29, 1.82) is 0 Å². The first kappa shape index (κ1) is 48.4. The topological polar surface area (TPSA) is 0 Å². The molecule has 0 amide bonds. The Bertz CT molecular complexity index is 1460. The van der Waals surface area contributed by atoms with Crippen LogP contribution in [0.4, 0.5) is 0 Å². The van der Waals surface area contributed by atoms with Crippen molar-refractivity contribution in [2.45, 2.75) is 283 Å². The number of hydrogen-bond acceptors (Lipinski definition) is 0. The largest absolute Gasteiger partial charge is 0.0814 e. The van der Waals surface area contributed by atoms with Crippen LogP contribution in [0.15, 0.2) is 23.3 Å². The molecule has 0 N–H and O–H groups in total. The second-order valence-electron chi connectivity index (χ2n) is 28.7. The minimum atomic E-state index is 0.934. The molecule has 382 valence electrons. The van der Waals surface area contributed by atoms with E-state index in [-0.39, 0.29) is 0 Å². The van der Waals surface area contributed by atoms with Gasteiger partial charge in [0.25, 0.3) is 0 Å². The Morgan fingerprint density at radius 2 is 0.338 bits per heavy atom. The molecule has 0 aromatic rings. The molecule has 0 aromatic carbocycles. The van der Waals surface area contributed by atoms with E-state index in [4.69, 9.17) is 0 Å². The summed E-state index contributed by atoms with van der Waals surface area (Å²) in [6.07, 6.45) is 75.1. The third-order valence-corrected chi connectivity index (χ3v) is 26.0. The van der Waals surface area contributed by atoms with E-state index in [1.165, 1.54) is 128 Å². The summed E-state index contributed by atoms with van der Waals surface area (Å²) in [6, 6.07) is 0. The van der Waals surface area contributed by atoms with Crippen LogP contribution in [0.2, 0.25) is 0 Å². The minimum Gasteiger partial charge on any atom is -0.0814 e. The summed E-state index contributed by atoms with van der Waals surface area (Å²) in [5.74, 6) is 20.8. The van der Waals surface area contributed by atoms with E-state index in [2.05, 4.69) is 23.3 Å². The Labute approximate surface area is 422 Å². The summed E-state index contributed by atoms with van der Waals surface area (Å²) in [5.41, 5.74) is 4.11. The Morgan fingerprint density at radius 3 is 0.588 bits per heavy atom.